The van der Waals surface area contributed by atoms with Crippen LogP contribution in [0.3, 0.4) is 0 Å². The largest absolute Gasteiger partial charge is 0.379 e. The summed E-state index contributed by atoms with van der Waals surface area (Å²) < 4.78 is 22.6. The van der Waals surface area contributed by atoms with Gasteiger partial charge in [-0.15, -0.1) is 0 Å². The summed E-state index contributed by atoms with van der Waals surface area (Å²) in [7, 11) is -1.85. The van der Waals surface area contributed by atoms with Gasteiger partial charge in [-0.3, -0.25) is 10.1 Å². The smallest absolute Gasteiger partial charge is 0.293 e. The average Bonchev–Trinajstić information content (AvgIpc) is 2.48. The first-order chi connectivity index (χ1) is 10.8. The van der Waals surface area contributed by atoms with Crippen LogP contribution in [-0.2, 0) is 10.0 Å². The van der Waals surface area contributed by atoms with Crippen molar-refractivity contribution in [3.05, 3.63) is 28.3 Å². The van der Waals surface area contributed by atoms with Gasteiger partial charge in [0.1, 0.15) is 5.69 Å². The molecule has 2 rings (SSSR count). The van der Waals surface area contributed by atoms with E-state index in [9.17, 15) is 18.5 Å². The van der Waals surface area contributed by atoms with E-state index in [0.29, 0.717) is 18.2 Å². The third-order valence-electron chi connectivity index (χ3n) is 4.20. The van der Waals surface area contributed by atoms with Gasteiger partial charge < -0.3 is 10.2 Å². The van der Waals surface area contributed by atoms with Gasteiger partial charge in [-0.2, -0.15) is 0 Å². The van der Waals surface area contributed by atoms with Gasteiger partial charge in [0.15, 0.2) is 0 Å². The summed E-state index contributed by atoms with van der Waals surface area (Å²) in [5.41, 5.74) is 0.0372. The second-order valence-electron chi connectivity index (χ2n) is 5.94. The van der Waals surface area contributed by atoms with Crippen molar-refractivity contribution in [2.75, 3.05) is 32.0 Å². The number of nitrogens with zero attached hydrogens (tertiary/aromatic N) is 2. The first kappa shape index (κ1) is 17.6. The molecular formula is C14H22N4O4S. The van der Waals surface area contributed by atoms with Crippen molar-refractivity contribution in [2.45, 2.75) is 24.2 Å². The maximum absolute atomic E-state index is 11.3. The van der Waals surface area contributed by atoms with Crippen LogP contribution in [0.5, 0.6) is 0 Å². The highest BCUT2D eigenvalue weighted by atomic mass is 32.2. The SMILES string of the molecule is CN1CCC(CCNc2ccc(S(N)(=O)=O)cc2[N+](=O)[O-])CC1. The normalized spacial score (nSPS) is 17.1. The zero-order chi connectivity index (χ0) is 17.0. The van der Waals surface area contributed by atoms with E-state index in [-0.39, 0.29) is 10.6 Å². The summed E-state index contributed by atoms with van der Waals surface area (Å²) in [6.07, 6.45) is 3.19. The van der Waals surface area contributed by atoms with Crippen LogP contribution >= 0.6 is 0 Å². The van der Waals surface area contributed by atoms with Crippen molar-refractivity contribution < 1.29 is 13.3 Å². The minimum Gasteiger partial charge on any atom is -0.379 e. The number of nitrogens with one attached hydrogen (secondary N) is 1. The van der Waals surface area contributed by atoms with Crippen LogP contribution in [0.15, 0.2) is 23.1 Å². The zero-order valence-corrected chi connectivity index (χ0v) is 13.9. The molecule has 0 spiro atoms. The first-order valence-electron chi connectivity index (χ1n) is 7.51. The fraction of sp³-hybridized carbons (Fsp3) is 0.571. The van der Waals surface area contributed by atoms with Crippen LogP contribution in [0.4, 0.5) is 11.4 Å². The predicted octanol–water partition coefficient (Wildman–Crippen LogP) is 1.39. The fourth-order valence-corrected chi connectivity index (χ4v) is 3.28. The van der Waals surface area contributed by atoms with Crippen LogP contribution < -0.4 is 10.5 Å². The summed E-state index contributed by atoms with van der Waals surface area (Å²) in [6, 6.07) is 3.67. The van der Waals surface area contributed by atoms with Crippen LogP contribution in [-0.4, -0.2) is 44.9 Å². The zero-order valence-electron chi connectivity index (χ0n) is 13.1. The van der Waals surface area contributed by atoms with E-state index in [0.717, 1.165) is 38.4 Å². The number of anilines is 1. The molecule has 128 valence electrons. The quantitative estimate of drug-likeness (QED) is 0.595. The van der Waals surface area contributed by atoms with Crippen LogP contribution in [0.25, 0.3) is 0 Å². The van der Waals surface area contributed by atoms with Gasteiger partial charge in [0.05, 0.1) is 9.82 Å². The molecule has 0 saturated carbocycles. The van der Waals surface area contributed by atoms with Crippen LogP contribution in [0, 0.1) is 16.0 Å². The number of nitrogens with two attached hydrogens (primary N) is 1. The Labute approximate surface area is 135 Å². The van der Waals surface area contributed by atoms with E-state index < -0.39 is 14.9 Å². The van der Waals surface area contributed by atoms with Gasteiger partial charge in [-0.25, -0.2) is 13.6 Å². The molecule has 1 fully saturated rings. The highest BCUT2D eigenvalue weighted by Gasteiger charge is 2.20. The number of nitro benzene ring substituents is 1. The molecule has 0 aliphatic carbocycles. The van der Waals surface area contributed by atoms with Crippen molar-refractivity contribution in [1.82, 2.24) is 4.90 Å². The van der Waals surface area contributed by atoms with E-state index in [1.54, 1.807) is 0 Å². The molecule has 0 radical (unpaired) electrons. The van der Waals surface area contributed by atoms with E-state index in [2.05, 4.69) is 17.3 Å². The van der Waals surface area contributed by atoms with E-state index in [1.165, 1.54) is 12.1 Å². The topological polar surface area (TPSA) is 119 Å². The van der Waals surface area contributed by atoms with Gasteiger partial charge in [0.25, 0.3) is 5.69 Å². The van der Waals surface area contributed by atoms with Crippen LogP contribution in [0.1, 0.15) is 19.3 Å². The molecular weight excluding hydrogens is 320 g/mol. The molecule has 0 bridgehead atoms. The molecule has 1 aromatic rings. The Kier molecular flexibility index (Phi) is 5.55. The standard InChI is InChI=1S/C14H22N4O4S/c1-17-8-5-11(6-9-17)4-7-16-13-3-2-12(23(15,21)22)10-14(13)18(19)20/h2-3,10-11,16H,4-9H2,1H3,(H2,15,21,22). The van der Waals surface area contributed by atoms with Crippen molar-refractivity contribution in [1.29, 1.82) is 0 Å². The Balaban J connectivity index is 2.00. The Morgan fingerprint density at radius 3 is 2.61 bits per heavy atom. The predicted molar refractivity (Wildman–Crippen MR) is 87.8 cm³/mol. The van der Waals surface area contributed by atoms with Crippen LogP contribution in [0.2, 0.25) is 0 Å². The number of piperidine rings is 1. The summed E-state index contributed by atoms with van der Waals surface area (Å²) in [5.74, 6) is 0.612. The van der Waals surface area contributed by atoms with Crippen molar-refractivity contribution in [2.24, 2.45) is 11.1 Å². The highest BCUT2D eigenvalue weighted by Crippen LogP contribution is 2.28. The Morgan fingerprint density at radius 1 is 1.39 bits per heavy atom. The van der Waals surface area contributed by atoms with Crippen molar-refractivity contribution in [3.8, 4) is 0 Å². The molecule has 23 heavy (non-hydrogen) atoms. The molecule has 0 aromatic heterocycles. The lowest BCUT2D eigenvalue weighted by molar-refractivity contribution is -0.384. The lowest BCUT2D eigenvalue weighted by Gasteiger charge is -2.28. The molecule has 1 aromatic carbocycles. The molecule has 1 aliphatic heterocycles. The van der Waals surface area contributed by atoms with E-state index in [4.69, 9.17) is 5.14 Å². The number of likely N-dealkylation sites (tertiary alicyclic amines) is 1. The molecule has 0 amide bonds. The second kappa shape index (κ2) is 7.24. The summed E-state index contributed by atoms with van der Waals surface area (Å²) in [5, 5.41) is 19.2. The molecule has 1 aliphatic rings. The maximum atomic E-state index is 11.3. The number of rotatable bonds is 6. The monoisotopic (exact) mass is 342 g/mol. The summed E-state index contributed by atoms with van der Waals surface area (Å²) in [4.78, 5) is 12.6. The number of benzene rings is 1. The average molecular weight is 342 g/mol. The molecule has 9 heteroatoms. The number of nitro groups is 1. The van der Waals surface area contributed by atoms with Gasteiger partial charge in [-0.1, -0.05) is 0 Å². The van der Waals surface area contributed by atoms with E-state index >= 15 is 0 Å². The fourth-order valence-electron chi connectivity index (χ4n) is 2.75. The number of hydrogen-bond donors (Lipinski definition) is 2. The number of sulfonamides is 1. The number of hydrogen-bond acceptors (Lipinski definition) is 6. The van der Waals surface area contributed by atoms with Gasteiger partial charge in [0.2, 0.25) is 10.0 Å². The van der Waals surface area contributed by atoms with Gasteiger partial charge in [-0.05, 0) is 57.5 Å². The Bertz CT molecular complexity index is 669. The molecule has 0 unspecified atom stereocenters. The molecule has 8 nitrogen and oxygen atoms in total. The number of primary sulfonamides is 1. The molecule has 3 N–H and O–H groups in total. The van der Waals surface area contributed by atoms with E-state index in [1.807, 2.05) is 0 Å². The van der Waals surface area contributed by atoms with Crippen molar-refractivity contribution >= 4 is 21.4 Å². The third-order valence-corrected chi connectivity index (χ3v) is 5.11. The lowest BCUT2D eigenvalue weighted by Crippen LogP contribution is -2.30. The van der Waals surface area contributed by atoms with Gasteiger partial charge in [0, 0.05) is 12.6 Å². The third kappa shape index (κ3) is 4.88. The Hall–Kier alpha value is -1.71. The van der Waals surface area contributed by atoms with Crippen molar-refractivity contribution in [3.63, 3.8) is 0 Å². The van der Waals surface area contributed by atoms with Gasteiger partial charge >= 0.3 is 0 Å². The minimum atomic E-state index is -3.96. The molecule has 0 atom stereocenters. The summed E-state index contributed by atoms with van der Waals surface area (Å²) in [6.45, 7) is 2.77. The second-order valence-corrected chi connectivity index (χ2v) is 7.50. The highest BCUT2D eigenvalue weighted by molar-refractivity contribution is 7.89. The lowest BCUT2D eigenvalue weighted by atomic mass is 9.94. The summed E-state index contributed by atoms with van der Waals surface area (Å²) >= 11 is 0. The maximum Gasteiger partial charge on any atom is 0.293 e. The molecule has 1 heterocycles. The Morgan fingerprint density at radius 2 is 2.04 bits per heavy atom. The molecule has 1 saturated heterocycles. The minimum absolute atomic E-state index is 0.259. The first-order valence-corrected chi connectivity index (χ1v) is 9.05.